The maximum atomic E-state index is 10.6. The first-order chi connectivity index (χ1) is 7.19. The van der Waals surface area contributed by atoms with Crippen LogP contribution < -0.4 is 0 Å². The van der Waals surface area contributed by atoms with E-state index in [1.165, 1.54) is 30.7 Å². The summed E-state index contributed by atoms with van der Waals surface area (Å²) in [7, 11) is 0. The molecule has 0 aliphatic heterocycles. The first kappa shape index (κ1) is 17.6. The quantitative estimate of drug-likeness (QED) is 0.771. The van der Waals surface area contributed by atoms with Crippen LogP contribution in [0.3, 0.4) is 0 Å². The van der Waals surface area contributed by atoms with Crippen molar-refractivity contribution in [2.24, 2.45) is 0 Å². The number of carbonyl (C=O) groups is 1. The summed E-state index contributed by atoms with van der Waals surface area (Å²) in [4.78, 5) is 8.90. The molecule has 98 valence electrons. The van der Waals surface area contributed by atoms with E-state index in [0.29, 0.717) is 0 Å². The number of halogens is 3. The molecule has 0 saturated carbocycles. The lowest BCUT2D eigenvalue weighted by molar-refractivity contribution is -0.921. The number of alkyl halides is 3. The Bertz CT molecular complexity index is 183. The zero-order valence-electron chi connectivity index (χ0n) is 10.3. The predicted octanol–water partition coefficient (Wildman–Crippen LogP) is 2.52. The summed E-state index contributed by atoms with van der Waals surface area (Å²) in [6.07, 6.45) is -5.08. The molecular weight excluding hydrogens is 223 g/mol. The van der Waals surface area contributed by atoms with Gasteiger partial charge >= 0.3 is 12.1 Å². The second-order valence-corrected chi connectivity index (χ2v) is 3.41. The topological polar surface area (TPSA) is 37.3 Å². The van der Waals surface area contributed by atoms with Crippen molar-refractivity contribution in [3.8, 4) is 0 Å². The summed E-state index contributed by atoms with van der Waals surface area (Å²) < 4.78 is 33.0. The maximum absolute atomic E-state index is 10.6. The molecule has 0 atom stereocenters. The van der Waals surface area contributed by atoms with Crippen molar-refractivity contribution in [2.75, 3.05) is 26.2 Å². The highest BCUT2D eigenvalue weighted by molar-refractivity contribution is 5.73. The third-order valence-corrected chi connectivity index (χ3v) is 2.93. The second kappa shape index (κ2) is 7.49. The van der Waals surface area contributed by atoms with Crippen LogP contribution in [0.2, 0.25) is 0 Å². The van der Waals surface area contributed by atoms with Crippen molar-refractivity contribution < 1.29 is 27.6 Å². The molecule has 3 nitrogen and oxygen atoms in total. The van der Waals surface area contributed by atoms with Crippen molar-refractivity contribution in [3.63, 3.8) is 0 Å². The Morgan fingerprint density at radius 1 is 1.00 bits per heavy atom. The summed E-state index contributed by atoms with van der Waals surface area (Å²) >= 11 is 0. The van der Waals surface area contributed by atoms with Crippen LogP contribution in [0.4, 0.5) is 13.2 Å². The molecule has 0 aromatic heterocycles. The molecular formula is C10H21F3NO2+. The van der Waals surface area contributed by atoms with Gasteiger partial charge in [0.25, 0.3) is 0 Å². The zero-order valence-corrected chi connectivity index (χ0v) is 10.3. The zero-order chi connectivity index (χ0) is 13.4. The molecule has 0 radical (unpaired) electrons. The van der Waals surface area contributed by atoms with Gasteiger partial charge in [0, 0.05) is 0 Å². The Kier molecular flexibility index (Phi) is 8.24. The van der Waals surface area contributed by atoms with E-state index in [1.54, 1.807) is 0 Å². The molecule has 0 aromatic carbocycles. The summed E-state index contributed by atoms with van der Waals surface area (Å²) in [5, 5.41) is 7.12. The van der Waals surface area contributed by atoms with Crippen molar-refractivity contribution in [1.82, 2.24) is 0 Å². The van der Waals surface area contributed by atoms with Gasteiger partial charge in [-0.05, 0) is 27.7 Å². The summed E-state index contributed by atoms with van der Waals surface area (Å²) in [6.45, 7) is 14.2. The molecule has 6 heteroatoms. The first-order valence-corrected chi connectivity index (χ1v) is 5.34. The number of rotatable bonds is 4. The van der Waals surface area contributed by atoms with Crippen LogP contribution in [0.25, 0.3) is 0 Å². The molecule has 0 bridgehead atoms. The fourth-order valence-electron chi connectivity index (χ4n) is 1.34. The summed E-state index contributed by atoms with van der Waals surface area (Å²) in [6, 6.07) is 0. The lowest BCUT2D eigenvalue weighted by Crippen LogP contribution is -2.47. The van der Waals surface area contributed by atoms with Crippen molar-refractivity contribution in [3.05, 3.63) is 0 Å². The lowest BCUT2D eigenvalue weighted by Gasteiger charge is -2.34. The number of quaternary nitrogens is 1. The van der Waals surface area contributed by atoms with Gasteiger partial charge in [-0.25, -0.2) is 4.79 Å². The molecule has 0 spiro atoms. The Balaban J connectivity index is 0. The van der Waals surface area contributed by atoms with Crippen molar-refractivity contribution in [2.45, 2.75) is 33.9 Å². The minimum absolute atomic E-state index is 1.28. The normalized spacial score (nSPS) is 11.7. The molecule has 0 heterocycles. The van der Waals surface area contributed by atoms with Gasteiger partial charge in [-0.3, -0.25) is 0 Å². The van der Waals surface area contributed by atoms with Gasteiger partial charge in [0.2, 0.25) is 0 Å². The van der Waals surface area contributed by atoms with E-state index in [-0.39, 0.29) is 0 Å². The molecule has 16 heavy (non-hydrogen) atoms. The van der Waals surface area contributed by atoms with E-state index in [1.807, 2.05) is 0 Å². The Hall–Kier alpha value is -0.780. The molecule has 0 unspecified atom stereocenters. The molecule has 0 rings (SSSR count). The lowest BCUT2D eigenvalue weighted by atomic mass is 10.3. The Morgan fingerprint density at radius 3 is 1.19 bits per heavy atom. The van der Waals surface area contributed by atoms with Crippen LogP contribution in [0, 0.1) is 0 Å². The molecule has 0 aliphatic carbocycles. The summed E-state index contributed by atoms with van der Waals surface area (Å²) in [5.41, 5.74) is 0. The number of carboxylic acid groups (broad SMARTS) is 1. The molecule has 0 aliphatic rings. The van der Waals surface area contributed by atoms with E-state index in [2.05, 4.69) is 27.7 Å². The third kappa shape index (κ3) is 6.66. The molecule has 0 amide bonds. The number of hydrogen-bond donors (Lipinski definition) is 1. The monoisotopic (exact) mass is 244 g/mol. The van der Waals surface area contributed by atoms with Crippen LogP contribution in [0.1, 0.15) is 27.7 Å². The number of hydrogen-bond acceptors (Lipinski definition) is 1. The third-order valence-electron chi connectivity index (χ3n) is 2.93. The minimum atomic E-state index is -5.08. The number of carboxylic acids is 1. The minimum Gasteiger partial charge on any atom is -0.475 e. The summed E-state index contributed by atoms with van der Waals surface area (Å²) in [5.74, 6) is -2.76. The average Bonchev–Trinajstić information content (AvgIpc) is 2.21. The number of aliphatic carboxylic acids is 1. The Morgan fingerprint density at radius 2 is 1.19 bits per heavy atom. The van der Waals surface area contributed by atoms with Crippen molar-refractivity contribution in [1.29, 1.82) is 0 Å². The van der Waals surface area contributed by atoms with E-state index in [9.17, 15) is 13.2 Å². The van der Waals surface area contributed by atoms with Crippen molar-refractivity contribution >= 4 is 5.97 Å². The van der Waals surface area contributed by atoms with E-state index >= 15 is 0 Å². The highest BCUT2D eigenvalue weighted by atomic mass is 19.4. The SMILES string of the molecule is CC[N+](CC)(CC)CC.O=C(O)C(F)(F)F. The van der Waals surface area contributed by atoms with Gasteiger partial charge in [0.05, 0.1) is 26.2 Å². The van der Waals surface area contributed by atoms with E-state index in [4.69, 9.17) is 9.90 Å². The maximum Gasteiger partial charge on any atom is 0.490 e. The van der Waals surface area contributed by atoms with Crippen LogP contribution in [-0.2, 0) is 4.79 Å². The van der Waals surface area contributed by atoms with Crippen LogP contribution >= 0.6 is 0 Å². The van der Waals surface area contributed by atoms with Gasteiger partial charge in [0.1, 0.15) is 0 Å². The highest BCUT2D eigenvalue weighted by Crippen LogP contribution is 2.13. The van der Waals surface area contributed by atoms with Gasteiger partial charge < -0.3 is 9.59 Å². The van der Waals surface area contributed by atoms with Gasteiger partial charge in [-0.2, -0.15) is 13.2 Å². The fraction of sp³-hybridized carbons (Fsp3) is 0.900. The standard InChI is InChI=1S/C8H20N.C2HF3O2/c1-5-9(6-2,7-3)8-4;3-2(4,5)1(6)7/h5-8H2,1-4H3;(H,6,7)/q+1;. The molecule has 0 fully saturated rings. The van der Waals surface area contributed by atoms with E-state index in [0.717, 1.165) is 0 Å². The van der Waals surface area contributed by atoms with E-state index < -0.39 is 12.1 Å². The first-order valence-electron chi connectivity index (χ1n) is 5.34. The van der Waals surface area contributed by atoms with Crippen LogP contribution in [0.5, 0.6) is 0 Å². The molecule has 0 aromatic rings. The van der Waals surface area contributed by atoms with Gasteiger partial charge in [-0.15, -0.1) is 0 Å². The highest BCUT2D eigenvalue weighted by Gasteiger charge is 2.38. The average molecular weight is 244 g/mol. The molecule has 0 saturated heterocycles. The number of nitrogens with zero attached hydrogens (tertiary/aromatic N) is 1. The fourth-order valence-corrected chi connectivity index (χ4v) is 1.34. The van der Waals surface area contributed by atoms with Gasteiger partial charge in [0.15, 0.2) is 0 Å². The second-order valence-electron chi connectivity index (χ2n) is 3.41. The molecule has 1 N–H and O–H groups in total. The predicted molar refractivity (Wildman–Crippen MR) is 56.1 cm³/mol. The Labute approximate surface area is 94.5 Å². The van der Waals surface area contributed by atoms with Gasteiger partial charge in [-0.1, -0.05) is 0 Å². The van der Waals surface area contributed by atoms with Crippen LogP contribution in [0.15, 0.2) is 0 Å². The largest absolute Gasteiger partial charge is 0.490 e. The smallest absolute Gasteiger partial charge is 0.475 e. The van der Waals surface area contributed by atoms with Crippen LogP contribution in [-0.4, -0.2) is 47.9 Å².